The minimum Gasteiger partial charge on any atom is -0.317 e. The Morgan fingerprint density at radius 2 is 2.15 bits per heavy atom. The van der Waals surface area contributed by atoms with Gasteiger partial charge < -0.3 is 5.32 Å². The van der Waals surface area contributed by atoms with Crippen LogP contribution in [0, 0.1) is 0 Å². The van der Waals surface area contributed by atoms with Crippen molar-refractivity contribution in [3.05, 3.63) is 28.2 Å². The number of nitrogens with one attached hydrogen (secondary N) is 2. The van der Waals surface area contributed by atoms with Crippen molar-refractivity contribution < 1.29 is 4.79 Å². The van der Waals surface area contributed by atoms with Crippen LogP contribution in [0.5, 0.6) is 0 Å². The summed E-state index contributed by atoms with van der Waals surface area (Å²) in [5.74, 6) is 1.85. The molecule has 2 aromatic rings. The summed E-state index contributed by atoms with van der Waals surface area (Å²) in [7, 11) is 1.84. The number of hydrogen-bond donors (Lipinski definition) is 2. The third kappa shape index (κ3) is 6.07. The molecule has 8 heteroatoms. The molecule has 2 N–H and O–H groups in total. The molecule has 144 valence electrons. The maximum atomic E-state index is 12.1. The maximum absolute atomic E-state index is 12.1. The van der Waals surface area contributed by atoms with Crippen molar-refractivity contribution in [2.24, 2.45) is 7.05 Å². The molecule has 2 aromatic heterocycles. The molecule has 3 heterocycles. The summed E-state index contributed by atoms with van der Waals surface area (Å²) in [5.41, 5.74) is 0. The van der Waals surface area contributed by atoms with Crippen molar-refractivity contribution in [1.82, 2.24) is 20.1 Å². The first-order chi connectivity index (χ1) is 12.2. The molecule has 0 radical (unpaired) electrons. The number of rotatable bonds is 8. The molecule has 1 aliphatic heterocycles. The van der Waals surface area contributed by atoms with Crippen molar-refractivity contribution in [3.8, 4) is 0 Å². The molecule has 0 aliphatic carbocycles. The predicted octanol–water partition coefficient (Wildman–Crippen LogP) is 3.51. The van der Waals surface area contributed by atoms with E-state index >= 15 is 0 Å². The van der Waals surface area contributed by atoms with Crippen LogP contribution in [0.15, 0.2) is 17.5 Å². The topological polar surface area (TPSA) is 71.8 Å². The Balaban J connectivity index is 0.00000243. The van der Waals surface area contributed by atoms with Gasteiger partial charge in [0, 0.05) is 24.3 Å². The van der Waals surface area contributed by atoms with Crippen LogP contribution in [0.1, 0.15) is 55.1 Å². The molecule has 1 aliphatic rings. The molecule has 26 heavy (non-hydrogen) atoms. The normalized spacial score (nSPS) is 14.8. The lowest BCUT2D eigenvalue weighted by Crippen LogP contribution is -2.27. The minimum atomic E-state index is 0. The van der Waals surface area contributed by atoms with Gasteiger partial charge in [-0.1, -0.05) is 12.5 Å². The average Bonchev–Trinajstić information content (AvgIpc) is 3.26. The lowest BCUT2D eigenvalue weighted by Gasteiger charge is -2.19. The SMILES string of the molecule is Cl.Cn1nc(C2CCNCC2)nc1NC(=O)CCCCCc1cccs1. The van der Waals surface area contributed by atoms with Crippen LogP contribution in [0.2, 0.25) is 0 Å². The fourth-order valence-corrected chi connectivity index (χ4v) is 3.92. The highest BCUT2D eigenvalue weighted by molar-refractivity contribution is 7.09. The van der Waals surface area contributed by atoms with E-state index < -0.39 is 0 Å². The molecule has 0 aromatic carbocycles. The standard InChI is InChI=1S/C18H27N5OS.ClH/c1-23-18(21-17(22-23)14-9-11-19-12-10-14)20-16(24)8-4-2-3-6-15-7-5-13-25-15;/h5,7,13-14,19H,2-4,6,8-12H2,1H3,(H,20,21,22,24);1H. The summed E-state index contributed by atoms with van der Waals surface area (Å²) in [4.78, 5) is 18.1. The van der Waals surface area contributed by atoms with Gasteiger partial charge in [0.25, 0.3) is 0 Å². The molecule has 0 atom stereocenters. The van der Waals surface area contributed by atoms with Crippen LogP contribution in [0.25, 0.3) is 0 Å². The van der Waals surface area contributed by atoms with E-state index in [1.165, 1.54) is 4.88 Å². The Bertz CT molecular complexity index is 667. The van der Waals surface area contributed by atoms with Gasteiger partial charge in [-0.05, 0) is 56.6 Å². The fourth-order valence-electron chi connectivity index (χ4n) is 3.17. The zero-order valence-corrected chi connectivity index (χ0v) is 16.9. The van der Waals surface area contributed by atoms with E-state index in [1.54, 1.807) is 16.0 Å². The van der Waals surface area contributed by atoms with Crippen LogP contribution in [-0.2, 0) is 18.3 Å². The van der Waals surface area contributed by atoms with Crippen LogP contribution >= 0.6 is 23.7 Å². The Hall–Kier alpha value is -1.44. The number of amides is 1. The van der Waals surface area contributed by atoms with Crippen LogP contribution in [0.3, 0.4) is 0 Å². The van der Waals surface area contributed by atoms with E-state index in [1.807, 2.05) is 7.05 Å². The zero-order chi connectivity index (χ0) is 17.5. The molecule has 0 bridgehead atoms. The van der Waals surface area contributed by atoms with Gasteiger partial charge in [0.15, 0.2) is 5.82 Å². The number of carbonyl (C=O) groups is 1. The second kappa shape index (κ2) is 10.6. The van der Waals surface area contributed by atoms with E-state index in [9.17, 15) is 4.79 Å². The van der Waals surface area contributed by atoms with Gasteiger partial charge in [0.05, 0.1) is 0 Å². The maximum Gasteiger partial charge on any atom is 0.227 e. The summed E-state index contributed by atoms with van der Waals surface area (Å²) < 4.78 is 1.69. The summed E-state index contributed by atoms with van der Waals surface area (Å²) in [6, 6.07) is 4.26. The number of unbranched alkanes of at least 4 members (excludes halogenated alkanes) is 2. The number of aromatic nitrogens is 3. The fraction of sp³-hybridized carbons (Fsp3) is 0.611. The number of halogens is 1. The molecule has 6 nitrogen and oxygen atoms in total. The predicted molar refractivity (Wildman–Crippen MR) is 108 cm³/mol. The highest BCUT2D eigenvalue weighted by Crippen LogP contribution is 2.23. The third-order valence-corrected chi connectivity index (χ3v) is 5.58. The largest absolute Gasteiger partial charge is 0.317 e. The molecule has 1 fully saturated rings. The quantitative estimate of drug-likeness (QED) is 0.668. The summed E-state index contributed by atoms with van der Waals surface area (Å²) in [6.07, 6.45) is 6.89. The highest BCUT2D eigenvalue weighted by atomic mass is 35.5. The van der Waals surface area contributed by atoms with Crippen molar-refractivity contribution in [1.29, 1.82) is 0 Å². The first-order valence-corrected chi connectivity index (χ1v) is 10.0. The Labute approximate surface area is 165 Å². The average molecular weight is 398 g/mol. The molecular formula is C18H28ClN5OS. The number of aryl methyl sites for hydroxylation is 2. The van der Waals surface area contributed by atoms with Gasteiger partial charge in [-0.15, -0.1) is 23.7 Å². The van der Waals surface area contributed by atoms with E-state index in [-0.39, 0.29) is 18.3 Å². The number of carbonyl (C=O) groups excluding carboxylic acids is 1. The first kappa shape index (κ1) is 20.9. The number of piperidine rings is 1. The van der Waals surface area contributed by atoms with Gasteiger partial charge >= 0.3 is 0 Å². The second-order valence-corrected chi connectivity index (χ2v) is 7.66. The molecule has 1 saturated heterocycles. The summed E-state index contributed by atoms with van der Waals surface area (Å²) >= 11 is 1.80. The third-order valence-electron chi connectivity index (χ3n) is 4.64. The molecular weight excluding hydrogens is 370 g/mol. The van der Waals surface area contributed by atoms with E-state index in [0.717, 1.165) is 57.4 Å². The van der Waals surface area contributed by atoms with Gasteiger partial charge in [0.2, 0.25) is 11.9 Å². The van der Waals surface area contributed by atoms with E-state index in [4.69, 9.17) is 0 Å². The summed E-state index contributed by atoms with van der Waals surface area (Å²) in [5, 5.41) is 12.9. The molecule has 3 rings (SSSR count). The van der Waals surface area contributed by atoms with E-state index in [2.05, 4.69) is 38.2 Å². The van der Waals surface area contributed by atoms with E-state index in [0.29, 0.717) is 18.3 Å². The van der Waals surface area contributed by atoms with Crippen molar-refractivity contribution >= 4 is 35.6 Å². The Kier molecular flexibility index (Phi) is 8.54. The minimum absolute atomic E-state index is 0. The van der Waals surface area contributed by atoms with Gasteiger partial charge in [-0.3, -0.25) is 10.1 Å². The molecule has 0 saturated carbocycles. The molecule has 1 amide bonds. The lowest BCUT2D eigenvalue weighted by molar-refractivity contribution is -0.116. The van der Waals surface area contributed by atoms with Crippen molar-refractivity contribution in [2.45, 2.75) is 50.9 Å². The number of nitrogens with zero attached hydrogens (tertiary/aromatic N) is 3. The smallest absolute Gasteiger partial charge is 0.227 e. The molecule has 0 unspecified atom stereocenters. The lowest BCUT2D eigenvalue weighted by atomic mass is 9.98. The molecule has 0 spiro atoms. The second-order valence-electron chi connectivity index (χ2n) is 6.63. The van der Waals surface area contributed by atoms with Crippen molar-refractivity contribution in [3.63, 3.8) is 0 Å². The zero-order valence-electron chi connectivity index (χ0n) is 15.2. The van der Waals surface area contributed by atoms with Crippen LogP contribution in [-0.4, -0.2) is 33.8 Å². The van der Waals surface area contributed by atoms with Crippen LogP contribution < -0.4 is 10.6 Å². The number of anilines is 1. The number of thiophene rings is 1. The van der Waals surface area contributed by atoms with Crippen molar-refractivity contribution in [2.75, 3.05) is 18.4 Å². The van der Waals surface area contributed by atoms with Crippen LogP contribution in [0.4, 0.5) is 5.95 Å². The Morgan fingerprint density at radius 1 is 1.35 bits per heavy atom. The summed E-state index contributed by atoms with van der Waals surface area (Å²) in [6.45, 7) is 2.02. The Morgan fingerprint density at radius 3 is 2.88 bits per heavy atom. The number of hydrogen-bond acceptors (Lipinski definition) is 5. The highest BCUT2D eigenvalue weighted by Gasteiger charge is 2.21. The first-order valence-electron chi connectivity index (χ1n) is 9.16. The van der Waals surface area contributed by atoms with Gasteiger partial charge in [-0.25, -0.2) is 4.68 Å². The van der Waals surface area contributed by atoms with Gasteiger partial charge in [-0.2, -0.15) is 10.1 Å². The monoisotopic (exact) mass is 397 g/mol. The van der Waals surface area contributed by atoms with Gasteiger partial charge in [0.1, 0.15) is 0 Å².